The van der Waals surface area contributed by atoms with Crippen LogP contribution >= 0.6 is 0 Å². The first-order valence-corrected chi connectivity index (χ1v) is 5.01. The van der Waals surface area contributed by atoms with Crippen molar-refractivity contribution in [3.63, 3.8) is 0 Å². The minimum atomic E-state index is -2.67. The van der Waals surface area contributed by atoms with Gasteiger partial charge in [0, 0.05) is 12.6 Å². The highest BCUT2D eigenvalue weighted by molar-refractivity contribution is 5.55. The first-order valence-electron chi connectivity index (χ1n) is 5.01. The van der Waals surface area contributed by atoms with Crippen LogP contribution in [0.15, 0.2) is 24.3 Å². The molecule has 1 heterocycles. The molecule has 1 aromatic carbocycles. The monoisotopic (exact) mass is 239 g/mol. The van der Waals surface area contributed by atoms with Gasteiger partial charge in [0.05, 0.1) is 6.61 Å². The Labute approximate surface area is 96.5 Å². The molecular weight excluding hydrogens is 228 g/mol. The van der Waals surface area contributed by atoms with Crippen molar-refractivity contribution in [2.24, 2.45) is 7.05 Å². The Hall–Kier alpha value is -1.82. The van der Waals surface area contributed by atoms with Crippen molar-refractivity contribution in [3.8, 4) is 11.4 Å². The molecule has 0 bridgehead atoms. The van der Waals surface area contributed by atoms with E-state index in [2.05, 4.69) is 10.1 Å². The molecule has 0 aliphatic carbocycles. The molecule has 0 saturated carbocycles. The average molecular weight is 239 g/mol. The van der Waals surface area contributed by atoms with Gasteiger partial charge >= 0.3 is 0 Å². The molecule has 0 saturated heterocycles. The number of hydrogen-bond acceptors (Lipinski definition) is 3. The van der Waals surface area contributed by atoms with Crippen LogP contribution in [0.1, 0.15) is 17.8 Å². The third-order valence-electron chi connectivity index (χ3n) is 2.37. The van der Waals surface area contributed by atoms with E-state index in [9.17, 15) is 8.78 Å². The molecular formula is C11H11F2N3O. The van der Waals surface area contributed by atoms with E-state index < -0.39 is 12.2 Å². The predicted octanol–water partition coefficient (Wildman–Crippen LogP) is 1.91. The van der Waals surface area contributed by atoms with Crippen molar-refractivity contribution in [1.29, 1.82) is 0 Å². The summed E-state index contributed by atoms with van der Waals surface area (Å²) >= 11 is 0. The molecule has 6 heteroatoms. The quantitative estimate of drug-likeness (QED) is 0.890. The van der Waals surface area contributed by atoms with Gasteiger partial charge < -0.3 is 5.11 Å². The normalized spacial score (nSPS) is 11.1. The van der Waals surface area contributed by atoms with Gasteiger partial charge in [-0.1, -0.05) is 24.3 Å². The second-order valence-corrected chi connectivity index (χ2v) is 3.57. The van der Waals surface area contributed by atoms with Gasteiger partial charge in [-0.15, -0.1) is 5.10 Å². The van der Waals surface area contributed by atoms with Gasteiger partial charge in [0.15, 0.2) is 5.82 Å². The summed E-state index contributed by atoms with van der Waals surface area (Å²) in [5, 5.41) is 12.5. The maximum Gasteiger partial charge on any atom is 0.299 e. The lowest BCUT2D eigenvalue weighted by Gasteiger charge is -2.01. The van der Waals surface area contributed by atoms with Crippen molar-refractivity contribution in [2.75, 3.05) is 0 Å². The van der Waals surface area contributed by atoms with Gasteiger partial charge in [-0.25, -0.2) is 18.4 Å². The number of aromatic nitrogens is 3. The Balaban J connectivity index is 2.38. The van der Waals surface area contributed by atoms with E-state index in [0.29, 0.717) is 11.4 Å². The lowest BCUT2D eigenvalue weighted by molar-refractivity contribution is 0.140. The number of nitrogens with zero attached hydrogens (tertiary/aromatic N) is 3. The van der Waals surface area contributed by atoms with Crippen molar-refractivity contribution >= 4 is 0 Å². The largest absolute Gasteiger partial charge is 0.392 e. The molecule has 2 aromatic rings. The maximum absolute atomic E-state index is 12.4. The van der Waals surface area contributed by atoms with Crippen molar-refractivity contribution in [1.82, 2.24) is 14.8 Å². The summed E-state index contributed by atoms with van der Waals surface area (Å²) in [5.74, 6) is -0.0986. The molecule has 1 N–H and O–H groups in total. The Bertz CT molecular complexity index is 508. The summed E-state index contributed by atoms with van der Waals surface area (Å²) in [7, 11) is 1.56. The number of aryl methyl sites for hydroxylation is 1. The van der Waals surface area contributed by atoms with Crippen LogP contribution in [-0.4, -0.2) is 19.9 Å². The van der Waals surface area contributed by atoms with E-state index >= 15 is 0 Å². The molecule has 0 amide bonds. The zero-order chi connectivity index (χ0) is 12.4. The van der Waals surface area contributed by atoms with E-state index in [-0.39, 0.29) is 6.61 Å². The van der Waals surface area contributed by atoms with Crippen molar-refractivity contribution < 1.29 is 13.9 Å². The van der Waals surface area contributed by atoms with Crippen LogP contribution in [-0.2, 0) is 13.7 Å². The Morgan fingerprint density at radius 3 is 2.41 bits per heavy atom. The van der Waals surface area contributed by atoms with Gasteiger partial charge in [0.2, 0.25) is 5.82 Å². The van der Waals surface area contributed by atoms with Gasteiger partial charge in [-0.3, -0.25) is 0 Å². The molecule has 2 rings (SSSR count). The van der Waals surface area contributed by atoms with Crippen LogP contribution in [0, 0.1) is 0 Å². The molecule has 0 spiro atoms. The van der Waals surface area contributed by atoms with Crippen molar-refractivity contribution in [2.45, 2.75) is 13.0 Å². The number of alkyl halides is 2. The topological polar surface area (TPSA) is 50.9 Å². The number of rotatable bonds is 3. The third-order valence-corrected chi connectivity index (χ3v) is 2.37. The van der Waals surface area contributed by atoms with E-state index in [0.717, 1.165) is 5.56 Å². The number of benzene rings is 1. The van der Waals surface area contributed by atoms with Gasteiger partial charge in [0.1, 0.15) is 0 Å². The summed E-state index contributed by atoms with van der Waals surface area (Å²) in [5.41, 5.74) is 1.44. The van der Waals surface area contributed by atoms with Crippen LogP contribution in [0.3, 0.4) is 0 Å². The molecule has 0 radical (unpaired) electrons. The molecule has 0 fully saturated rings. The van der Waals surface area contributed by atoms with E-state index in [1.165, 1.54) is 4.68 Å². The molecule has 0 atom stereocenters. The fourth-order valence-electron chi connectivity index (χ4n) is 1.51. The molecule has 4 nitrogen and oxygen atoms in total. The summed E-state index contributed by atoms with van der Waals surface area (Å²) in [6.07, 6.45) is -2.67. The second-order valence-electron chi connectivity index (χ2n) is 3.57. The highest BCUT2D eigenvalue weighted by atomic mass is 19.3. The molecule has 90 valence electrons. The van der Waals surface area contributed by atoms with Gasteiger partial charge in [-0.05, 0) is 5.56 Å². The molecule has 0 aliphatic heterocycles. The number of halogens is 2. The minimum absolute atomic E-state index is 0.0542. The summed E-state index contributed by atoms with van der Waals surface area (Å²) in [4.78, 5) is 3.77. The lowest BCUT2D eigenvalue weighted by atomic mass is 10.1. The van der Waals surface area contributed by atoms with Gasteiger partial charge in [-0.2, -0.15) is 0 Å². The fourth-order valence-corrected chi connectivity index (χ4v) is 1.51. The van der Waals surface area contributed by atoms with Crippen LogP contribution < -0.4 is 0 Å². The number of aliphatic hydroxyl groups excluding tert-OH is 1. The van der Waals surface area contributed by atoms with Crippen molar-refractivity contribution in [3.05, 3.63) is 35.7 Å². The molecule has 17 heavy (non-hydrogen) atoms. The lowest BCUT2D eigenvalue weighted by Crippen LogP contribution is -1.95. The Kier molecular flexibility index (Phi) is 3.14. The number of aliphatic hydroxyl groups is 1. The first kappa shape index (κ1) is 11.7. The fraction of sp³-hybridized carbons (Fsp3) is 0.273. The third kappa shape index (κ3) is 2.31. The van der Waals surface area contributed by atoms with Gasteiger partial charge in [0.25, 0.3) is 6.43 Å². The van der Waals surface area contributed by atoms with Crippen LogP contribution in [0.4, 0.5) is 8.78 Å². The first-order chi connectivity index (χ1) is 8.11. The minimum Gasteiger partial charge on any atom is -0.392 e. The standard InChI is InChI=1S/C11H11F2N3O/c1-16-11(14-10(15-16)9(12)13)8-4-2-7(6-17)3-5-8/h2-5,9,17H,6H2,1H3. The Morgan fingerprint density at radius 2 is 1.94 bits per heavy atom. The highest BCUT2D eigenvalue weighted by Gasteiger charge is 2.16. The Morgan fingerprint density at radius 1 is 1.29 bits per heavy atom. The molecule has 0 unspecified atom stereocenters. The van der Waals surface area contributed by atoms with Crippen LogP contribution in [0.25, 0.3) is 11.4 Å². The number of hydrogen-bond donors (Lipinski definition) is 1. The zero-order valence-corrected chi connectivity index (χ0v) is 9.14. The van der Waals surface area contributed by atoms with E-state index in [1.54, 1.807) is 31.3 Å². The summed E-state index contributed by atoms with van der Waals surface area (Å²) in [6, 6.07) is 6.85. The molecule has 0 aliphatic rings. The second kappa shape index (κ2) is 4.58. The summed E-state index contributed by atoms with van der Waals surface area (Å²) in [6.45, 7) is -0.0542. The zero-order valence-electron chi connectivity index (χ0n) is 9.14. The van der Waals surface area contributed by atoms with E-state index in [1.807, 2.05) is 0 Å². The maximum atomic E-state index is 12.4. The van der Waals surface area contributed by atoms with Crippen LogP contribution in [0.5, 0.6) is 0 Å². The average Bonchev–Trinajstić information content (AvgIpc) is 2.72. The smallest absolute Gasteiger partial charge is 0.299 e. The molecule has 1 aromatic heterocycles. The summed E-state index contributed by atoms with van der Waals surface area (Å²) < 4.78 is 26.2. The predicted molar refractivity (Wildman–Crippen MR) is 57.3 cm³/mol. The SMILES string of the molecule is Cn1nc(C(F)F)nc1-c1ccc(CO)cc1. The van der Waals surface area contributed by atoms with Crippen LogP contribution in [0.2, 0.25) is 0 Å². The van der Waals surface area contributed by atoms with E-state index in [4.69, 9.17) is 5.11 Å². The highest BCUT2D eigenvalue weighted by Crippen LogP contribution is 2.21.